The molecule has 0 saturated heterocycles. The Morgan fingerprint density at radius 1 is 0.615 bits per heavy atom. The van der Waals surface area contributed by atoms with Crippen molar-refractivity contribution < 1.29 is 0 Å². The predicted octanol–water partition coefficient (Wildman–Crippen LogP) is 6.19. The molecule has 26 heavy (non-hydrogen) atoms. The lowest BCUT2D eigenvalue weighted by Crippen LogP contribution is -2.33. The topological polar surface area (TPSA) is 12.4 Å². The molecule has 4 rings (SSSR count). The first-order chi connectivity index (χ1) is 12.9. The zero-order chi connectivity index (χ0) is 17.7. The molecule has 0 radical (unpaired) electrons. The van der Waals surface area contributed by atoms with E-state index in [-0.39, 0.29) is 5.41 Å². The SMILES string of the molecule is c1ccc(CN=C2CCC(c3ccccc3)(c3ccccc3)CC2)cc1. The molecule has 1 heteroatoms. The highest BCUT2D eigenvalue weighted by Crippen LogP contribution is 2.44. The average Bonchev–Trinajstić information content (AvgIpc) is 2.75. The van der Waals surface area contributed by atoms with Gasteiger partial charge in [0, 0.05) is 11.1 Å². The second kappa shape index (κ2) is 7.70. The summed E-state index contributed by atoms with van der Waals surface area (Å²) in [4.78, 5) is 4.92. The van der Waals surface area contributed by atoms with Crippen LogP contribution < -0.4 is 0 Å². The van der Waals surface area contributed by atoms with E-state index in [0.717, 1.165) is 32.2 Å². The Bertz CT molecular complexity index is 799. The van der Waals surface area contributed by atoms with Crippen molar-refractivity contribution in [3.05, 3.63) is 108 Å². The Hall–Kier alpha value is -2.67. The van der Waals surface area contributed by atoms with Crippen LogP contribution >= 0.6 is 0 Å². The number of rotatable bonds is 4. The number of benzene rings is 3. The molecule has 0 unspecified atom stereocenters. The van der Waals surface area contributed by atoms with Gasteiger partial charge in [0.1, 0.15) is 0 Å². The second-order valence-corrected chi connectivity index (χ2v) is 7.18. The standard InChI is InChI=1S/C25H25N/c1-4-10-21(11-5-1)20-26-24-16-18-25(19-17-24,22-12-6-2-7-13-22)23-14-8-3-9-15-23/h1-15H,16-20H2. The van der Waals surface area contributed by atoms with Crippen LogP contribution in [0.2, 0.25) is 0 Å². The number of hydrogen-bond acceptors (Lipinski definition) is 1. The molecule has 1 aliphatic carbocycles. The maximum atomic E-state index is 4.92. The fraction of sp³-hybridized carbons (Fsp3) is 0.240. The summed E-state index contributed by atoms with van der Waals surface area (Å²) in [6.45, 7) is 0.805. The van der Waals surface area contributed by atoms with Gasteiger partial charge in [-0.1, -0.05) is 91.0 Å². The van der Waals surface area contributed by atoms with Crippen molar-refractivity contribution in [2.75, 3.05) is 0 Å². The van der Waals surface area contributed by atoms with E-state index in [2.05, 4.69) is 91.0 Å². The minimum atomic E-state index is 0.119. The summed E-state index contributed by atoms with van der Waals surface area (Å²) in [7, 11) is 0. The summed E-state index contributed by atoms with van der Waals surface area (Å²) in [6.07, 6.45) is 4.43. The van der Waals surface area contributed by atoms with Gasteiger partial charge in [-0.25, -0.2) is 0 Å². The highest BCUT2D eigenvalue weighted by atomic mass is 14.7. The lowest BCUT2D eigenvalue weighted by atomic mass is 9.65. The van der Waals surface area contributed by atoms with Gasteiger partial charge in [-0.3, -0.25) is 4.99 Å². The minimum absolute atomic E-state index is 0.119. The first-order valence-electron chi connectivity index (χ1n) is 9.54. The molecule has 1 saturated carbocycles. The first-order valence-corrected chi connectivity index (χ1v) is 9.54. The Morgan fingerprint density at radius 3 is 1.58 bits per heavy atom. The maximum absolute atomic E-state index is 4.92. The molecule has 1 fully saturated rings. The fourth-order valence-electron chi connectivity index (χ4n) is 4.17. The van der Waals surface area contributed by atoms with Crippen LogP contribution in [0.3, 0.4) is 0 Å². The van der Waals surface area contributed by atoms with Crippen LogP contribution in [0.25, 0.3) is 0 Å². The van der Waals surface area contributed by atoms with Crippen molar-refractivity contribution in [2.45, 2.75) is 37.6 Å². The van der Waals surface area contributed by atoms with Crippen molar-refractivity contribution in [1.29, 1.82) is 0 Å². The van der Waals surface area contributed by atoms with E-state index in [4.69, 9.17) is 4.99 Å². The lowest BCUT2D eigenvalue weighted by molar-refractivity contribution is 0.427. The third-order valence-electron chi connectivity index (χ3n) is 5.66. The molecule has 3 aromatic rings. The minimum Gasteiger partial charge on any atom is -0.289 e. The van der Waals surface area contributed by atoms with E-state index in [1.54, 1.807) is 0 Å². The van der Waals surface area contributed by atoms with Crippen molar-refractivity contribution >= 4 is 5.71 Å². The molecule has 0 spiro atoms. The summed E-state index contributed by atoms with van der Waals surface area (Å²) in [5.74, 6) is 0. The summed E-state index contributed by atoms with van der Waals surface area (Å²) in [6, 6.07) is 32.6. The van der Waals surface area contributed by atoms with E-state index >= 15 is 0 Å². The van der Waals surface area contributed by atoms with Crippen LogP contribution in [-0.4, -0.2) is 5.71 Å². The first kappa shape index (κ1) is 16.8. The smallest absolute Gasteiger partial charge is 0.0639 e. The van der Waals surface area contributed by atoms with Crippen LogP contribution in [-0.2, 0) is 12.0 Å². The van der Waals surface area contributed by atoms with Gasteiger partial charge in [-0.15, -0.1) is 0 Å². The largest absolute Gasteiger partial charge is 0.289 e. The molecule has 3 aromatic carbocycles. The number of aliphatic imine (C=N–C) groups is 1. The molecule has 1 nitrogen and oxygen atoms in total. The third-order valence-corrected chi connectivity index (χ3v) is 5.66. The molecule has 0 aromatic heterocycles. The molecule has 0 amide bonds. The van der Waals surface area contributed by atoms with Gasteiger partial charge in [0.25, 0.3) is 0 Å². The molecule has 0 heterocycles. The Kier molecular flexibility index (Phi) is 4.97. The van der Waals surface area contributed by atoms with Crippen LogP contribution in [0.1, 0.15) is 42.4 Å². The quantitative estimate of drug-likeness (QED) is 0.537. The maximum Gasteiger partial charge on any atom is 0.0639 e. The normalized spacial score (nSPS) is 16.2. The fourth-order valence-corrected chi connectivity index (χ4v) is 4.17. The van der Waals surface area contributed by atoms with Gasteiger partial charge in [0.2, 0.25) is 0 Å². The van der Waals surface area contributed by atoms with Crippen molar-refractivity contribution in [3.63, 3.8) is 0 Å². The van der Waals surface area contributed by atoms with Gasteiger partial charge >= 0.3 is 0 Å². The number of nitrogens with zero attached hydrogens (tertiary/aromatic N) is 1. The average molecular weight is 339 g/mol. The van der Waals surface area contributed by atoms with Gasteiger partial charge < -0.3 is 0 Å². The zero-order valence-corrected chi connectivity index (χ0v) is 15.1. The van der Waals surface area contributed by atoms with Crippen LogP contribution in [0, 0.1) is 0 Å². The summed E-state index contributed by atoms with van der Waals surface area (Å²) >= 11 is 0. The lowest BCUT2D eigenvalue weighted by Gasteiger charge is -2.39. The summed E-state index contributed by atoms with van der Waals surface area (Å²) in [5, 5.41) is 0. The molecular formula is C25H25N. The van der Waals surface area contributed by atoms with E-state index in [1.165, 1.54) is 22.4 Å². The van der Waals surface area contributed by atoms with Crippen molar-refractivity contribution in [2.24, 2.45) is 4.99 Å². The Balaban J connectivity index is 1.57. The molecule has 0 aliphatic heterocycles. The van der Waals surface area contributed by atoms with Gasteiger partial charge in [-0.2, -0.15) is 0 Å². The molecule has 130 valence electrons. The Labute approximate surface area is 156 Å². The molecule has 0 bridgehead atoms. The van der Waals surface area contributed by atoms with Crippen molar-refractivity contribution in [3.8, 4) is 0 Å². The zero-order valence-electron chi connectivity index (χ0n) is 15.1. The second-order valence-electron chi connectivity index (χ2n) is 7.18. The van der Waals surface area contributed by atoms with E-state index in [9.17, 15) is 0 Å². The van der Waals surface area contributed by atoms with Crippen LogP contribution in [0.5, 0.6) is 0 Å². The monoisotopic (exact) mass is 339 g/mol. The van der Waals surface area contributed by atoms with Gasteiger partial charge in [0.15, 0.2) is 0 Å². The van der Waals surface area contributed by atoms with Crippen LogP contribution in [0.4, 0.5) is 0 Å². The molecule has 1 aliphatic rings. The van der Waals surface area contributed by atoms with E-state index in [1.807, 2.05) is 0 Å². The number of hydrogen-bond donors (Lipinski definition) is 0. The molecular weight excluding hydrogens is 314 g/mol. The van der Waals surface area contributed by atoms with Gasteiger partial charge in [0.05, 0.1) is 6.54 Å². The summed E-state index contributed by atoms with van der Waals surface area (Å²) < 4.78 is 0. The van der Waals surface area contributed by atoms with Gasteiger partial charge in [-0.05, 0) is 42.4 Å². The molecule has 0 atom stereocenters. The summed E-state index contributed by atoms with van der Waals surface area (Å²) in [5.41, 5.74) is 5.66. The Morgan fingerprint density at radius 2 is 1.08 bits per heavy atom. The van der Waals surface area contributed by atoms with E-state index < -0.39 is 0 Å². The highest BCUT2D eigenvalue weighted by Gasteiger charge is 2.36. The highest BCUT2D eigenvalue weighted by molar-refractivity contribution is 5.86. The molecule has 0 N–H and O–H groups in total. The third kappa shape index (κ3) is 3.48. The van der Waals surface area contributed by atoms with E-state index in [0.29, 0.717) is 0 Å². The predicted molar refractivity (Wildman–Crippen MR) is 110 cm³/mol. The van der Waals surface area contributed by atoms with Crippen molar-refractivity contribution in [1.82, 2.24) is 0 Å². The van der Waals surface area contributed by atoms with Crippen LogP contribution in [0.15, 0.2) is 96.0 Å².